The van der Waals surface area contributed by atoms with Crippen molar-refractivity contribution < 1.29 is 27.5 Å². The smallest absolute Gasteiger partial charge is 0.341 e. The number of nitrogens with one attached hydrogen (secondary N) is 3. The van der Waals surface area contributed by atoms with Gasteiger partial charge in [0.25, 0.3) is 0 Å². The van der Waals surface area contributed by atoms with Gasteiger partial charge in [-0.2, -0.15) is 5.10 Å². The summed E-state index contributed by atoms with van der Waals surface area (Å²) in [7, 11) is -1.63. The number of amides is 6. The average molecular weight is 839 g/mol. The van der Waals surface area contributed by atoms with E-state index in [1.165, 1.54) is 6.20 Å². The van der Waals surface area contributed by atoms with Crippen molar-refractivity contribution in [3.05, 3.63) is 102 Å². The second-order valence-electron chi connectivity index (χ2n) is 12.0. The van der Waals surface area contributed by atoms with E-state index in [1.807, 2.05) is 61.5 Å². The molecule has 0 spiro atoms. The molecule has 0 saturated carbocycles. The van der Waals surface area contributed by atoms with Gasteiger partial charge < -0.3 is 10.1 Å². The fourth-order valence-electron chi connectivity index (χ4n) is 5.13. The van der Waals surface area contributed by atoms with Crippen LogP contribution in [0, 0.1) is 6.92 Å². The minimum Gasteiger partial charge on any atom is -0.488 e. The van der Waals surface area contributed by atoms with E-state index in [1.54, 1.807) is 28.9 Å². The molecule has 272 valence electrons. The van der Waals surface area contributed by atoms with Crippen LogP contribution in [0.3, 0.4) is 0 Å². The number of ether oxygens (including phenoxy) is 1. The predicted molar refractivity (Wildman–Crippen MR) is 210 cm³/mol. The van der Waals surface area contributed by atoms with E-state index >= 15 is 0 Å². The number of hydrogen-bond acceptors (Lipinski definition) is 8. The molecular formula is C36H39IN8O6S. The van der Waals surface area contributed by atoms with Crippen molar-refractivity contribution in [2.75, 3.05) is 36.3 Å². The van der Waals surface area contributed by atoms with Crippen molar-refractivity contribution in [2.45, 2.75) is 37.2 Å². The summed E-state index contributed by atoms with van der Waals surface area (Å²) in [6.07, 6.45) is 4.31. The van der Waals surface area contributed by atoms with E-state index in [-0.39, 0.29) is 16.3 Å². The van der Waals surface area contributed by atoms with Crippen molar-refractivity contribution >= 4 is 78.8 Å². The lowest BCUT2D eigenvalue weighted by Crippen LogP contribution is -2.46. The Labute approximate surface area is 315 Å². The molecule has 3 aromatic carbocycles. The second kappa shape index (κ2) is 16.4. The lowest BCUT2D eigenvalue weighted by atomic mass is 10.1. The molecule has 0 bridgehead atoms. The number of pyridine rings is 1. The van der Waals surface area contributed by atoms with Crippen LogP contribution >= 0.6 is 22.6 Å². The van der Waals surface area contributed by atoms with Gasteiger partial charge in [-0.15, -0.1) is 0 Å². The summed E-state index contributed by atoms with van der Waals surface area (Å²) in [6.45, 7) is 4.25. The van der Waals surface area contributed by atoms with Crippen LogP contribution in [0.15, 0.2) is 85.1 Å². The van der Waals surface area contributed by atoms with Gasteiger partial charge >= 0.3 is 18.1 Å². The number of aromatic nitrogens is 3. The number of nitrogens with zero attached hydrogens (tertiary/aromatic N) is 5. The van der Waals surface area contributed by atoms with Gasteiger partial charge in [0.05, 0.1) is 27.2 Å². The summed E-state index contributed by atoms with van der Waals surface area (Å²) < 4.78 is 32.0. The number of halogens is 1. The first-order valence-corrected chi connectivity index (χ1v) is 19.4. The number of rotatable bonds is 11. The molecule has 52 heavy (non-hydrogen) atoms. The summed E-state index contributed by atoms with van der Waals surface area (Å²) in [5, 5.41) is 14.8. The van der Waals surface area contributed by atoms with Gasteiger partial charge in [0, 0.05) is 37.1 Å². The molecule has 0 aliphatic heterocycles. The van der Waals surface area contributed by atoms with Crippen molar-refractivity contribution in [1.82, 2.24) is 24.0 Å². The Kier molecular flexibility index (Phi) is 12.0. The monoisotopic (exact) mass is 838 g/mol. The molecule has 0 fully saturated rings. The Bertz CT molecular complexity index is 2210. The van der Waals surface area contributed by atoms with Gasteiger partial charge in [-0.05, 0) is 55.3 Å². The fourth-order valence-corrected chi connectivity index (χ4v) is 6.46. The number of aryl methyl sites for hydroxylation is 1. The summed E-state index contributed by atoms with van der Waals surface area (Å²) in [6, 6.07) is 21.9. The summed E-state index contributed by atoms with van der Waals surface area (Å²) in [5.41, 5.74) is 4.08. The second-order valence-corrected chi connectivity index (χ2v) is 15.6. The van der Waals surface area contributed by atoms with Gasteiger partial charge in [0.1, 0.15) is 24.0 Å². The molecule has 16 heteroatoms. The number of carbonyl (C=O) groups excluding carboxylic acids is 3. The molecule has 1 atom stereocenters. The van der Waals surface area contributed by atoms with E-state index in [0.29, 0.717) is 32.0 Å². The number of benzene rings is 3. The predicted octanol–water partition coefficient (Wildman–Crippen LogP) is 7.70. The van der Waals surface area contributed by atoms with Crippen LogP contribution in [0.1, 0.15) is 40.5 Å². The number of sulfonamides is 1. The third-order valence-electron chi connectivity index (χ3n) is 8.06. The van der Waals surface area contributed by atoms with Gasteiger partial charge in [0.2, 0.25) is 10.0 Å². The molecule has 2 heterocycles. The zero-order valence-corrected chi connectivity index (χ0v) is 32.2. The molecule has 3 N–H and O–H groups in total. The molecule has 0 radical (unpaired) electrons. The zero-order valence-electron chi connectivity index (χ0n) is 29.3. The van der Waals surface area contributed by atoms with Crippen LogP contribution < -0.4 is 20.7 Å². The van der Waals surface area contributed by atoms with Crippen molar-refractivity contribution in [3.8, 4) is 11.4 Å². The zero-order chi connectivity index (χ0) is 37.6. The van der Waals surface area contributed by atoms with Crippen LogP contribution in [0.4, 0.5) is 31.7 Å². The summed E-state index contributed by atoms with van der Waals surface area (Å²) >= 11 is 2.38. The Balaban J connectivity index is 1.29. The number of carbonyl (C=O) groups is 3. The maximum absolute atomic E-state index is 13.4. The molecule has 0 aliphatic carbocycles. The highest BCUT2D eigenvalue weighted by Gasteiger charge is 2.26. The van der Waals surface area contributed by atoms with Crippen molar-refractivity contribution in [3.63, 3.8) is 0 Å². The summed E-state index contributed by atoms with van der Waals surface area (Å²) in [4.78, 5) is 43.2. The van der Waals surface area contributed by atoms with E-state index in [0.717, 1.165) is 60.9 Å². The molecule has 0 aliphatic rings. The molecule has 6 amide bonds. The SMILES string of the molecule is CCCC(I)c1cc(NC(=O)Nc2ccc(OCc3ccnc(NC(=O)N(C)C(=O)N(C)S(C)(=O)=O)c3)c3ccccc23)n(-c2ccc(C)cc2)n1. The maximum atomic E-state index is 13.4. The van der Waals surface area contributed by atoms with Gasteiger partial charge in [-0.3, -0.25) is 10.6 Å². The van der Waals surface area contributed by atoms with Gasteiger partial charge in [0.15, 0.2) is 0 Å². The van der Waals surface area contributed by atoms with Gasteiger partial charge in [-0.25, -0.2) is 41.7 Å². The first-order chi connectivity index (χ1) is 24.7. The number of urea groups is 3. The molecule has 2 aromatic heterocycles. The number of imide groups is 1. The third-order valence-corrected chi connectivity index (χ3v) is 10.5. The highest BCUT2D eigenvalue weighted by atomic mass is 127. The highest BCUT2D eigenvalue weighted by Crippen LogP contribution is 2.33. The van der Waals surface area contributed by atoms with Crippen LogP contribution in [-0.2, 0) is 16.6 Å². The number of anilines is 3. The van der Waals surface area contributed by atoms with Crippen molar-refractivity contribution in [1.29, 1.82) is 0 Å². The fraction of sp³-hybridized carbons (Fsp3) is 0.250. The minimum atomic E-state index is -3.84. The number of hydrogen-bond donors (Lipinski definition) is 3. The normalized spacial score (nSPS) is 11.8. The first-order valence-electron chi connectivity index (χ1n) is 16.3. The lowest BCUT2D eigenvalue weighted by molar-refractivity contribution is 0.192. The quantitative estimate of drug-likeness (QED) is 0.0899. The van der Waals surface area contributed by atoms with Gasteiger partial charge in [-0.1, -0.05) is 77.9 Å². The Morgan fingerprint density at radius 1 is 0.942 bits per heavy atom. The van der Waals surface area contributed by atoms with Crippen molar-refractivity contribution in [2.24, 2.45) is 0 Å². The Hall–Kier alpha value is -5.23. The Morgan fingerprint density at radius 2 is 1.65 bits per heavy atom. The minimum absolute atomic E-state index is 0.107. The molecule has 1 unspecified atom stereocenters. The molecule has 14 nitrogen and oxygen atoms in total. The van der Waals surface area contributed by atoms with E-state index in [2.05, 4.69) is 50.4 Å². The van der Waals surface area contributed by atoms with Crippen LogP contribution in [-0.4, -0.2) is 70.8 Å². The average Bonchev–Trinajstić information content (AvgIpc) is 3.54. The maximum Gasteiger partial charge on any atom is 0.341 e. The van der Waals surface area contributed by atoms with E-state index in [9.17, 15) is 22.8 Å². The number of fused-ring (bicyclic) bond motifs is 1. The standard InChI is InChI=1S/C36H39IN8O6S/c1-6-9-28(37)30-21-33(45(42-30)25-14-12-23(2)13-15-25)41-34(46)39-29-16-17-31(27-11-8-7-10-26(27)29)51-22-24-18-19-38-32(20-24)40-35(47)43(3)36(48)44(4)52(5,49)50/h7-8,10-21,28H,6,9,22H2,1-5H3,(H,38,40,47)(H2,39,41,46). The first kappa shape index (κ1) is 38.0. The van der Waals surface area contributed by atoms with Crippen LogP contribution in [0.5, 0.6) is 5.75 Å². The Morgan fingerprint density at radius 3 is 2.35 bits per heavy atom. The number of alkyl halides is 1. The summed E-state index contributed by atoms with van der Waals surface area (Å²) in [5.74, 6) is 1.24. The lowest BCUT2D eigenvalue weighted by Gasteiger charge is -2.22. The third kappa shape index (κ3) is 9.16. The topological polar surface area (TPSA) is 168 Å². The van der Waals surface area contributed by atoms with E-state index in [4.69, 9.17) is 9.84 Å². The molecular weight excluding hydrogens is 799 g/mol. The van der Waals surface area contributed by atoms with Crippen LogP contribution in [0.25, 0.3) is 16.5 Å². The highest BCUT2D eigenvalue weighted by molar-refractivity contribution is 14.1. The molecule has 5 rings (SSSR count). The molecule has 0 saturated heterocycles. The van der Waals surface area contributed by atoms with E-state index < -0.39 is 28.1 Å². The molecule has 5 aromatic rings. The van der Waals surface area contributed by atoms with Crippen LogP contribution in [0.2, 0.25) is 0 Å². The largest absolute Gasteiger partial charge is 0.488 e.